The molecule has 3 rings (SSSR count). The molecule has 20 heavy (non-hydrogen) atoms. The SMILES string of the molecule is O=C(NCCc1cscn1)[C@H]1COc2ccccc2C1. The summed E-state index contributed by atoms with van der Waals surface area (Å²) >= 11 is 1.57. The zero-order valence-electron chi connectivity index (χ0n) is 11.0. The Morgan fingerprint density at radius 1 is 1.45 bits per heavy atom. The number of ether oxygens (including phenoxy) is 1. The van der Waals surface area contributed by atoms with E-state index < -0.39 is 0 Å². The van der Waals surface area contributed by atoms with Crippen LogP contribution in [-0.4, -0.2) is 24.0 Å². The van der Waals surface area contributed by atoms with Crippen molar-refractivity contribution in [3.63, 3.8) is 0 Å². The van der Waals surface area contributed by atoms with Crippen LogP contribution in [0.5, 0.6) is 5.75 Å². The highest BCUT2D eigenvalue weighted by molar-refractivity contribution is 7.07. The normalized spacial score (nSPS) is 17.1. The van der Waals surface area contributed by atoms with Crippen molar-refractivity contribution < 1.29 is 9.53 Å². The molecule has 1 amide bonds. The van der Waals surface area contributed by atoms with Crippen LogP contribution in [0.3, 0.4) is 0 Å². The van der Waals surface area contributed by atoms with Gasteiger partial charge in [-0.2, -0.15) is 0 Å². The highest BCUT2D eigenvalue weighted by Crippen LogP contribution is 2.26. The van der Waals surface area contributed by atoms with Gasteiger partial charge in [0, 0.05) is 18.3 Å². The quantitative estimate of drug-likeness (QED) is 0.937. The molecule has 1 aliphatic heterocycles. The van der Waals surface area contributed by atoms with Crippen LogP contribution in [0.15, 0.2) is 35.2 Å². The lowest BCUT2D eigenvalue weighted by molar-refractivity contribution is -0.126. The van der Waals surface area contributed by atoms with Crippen LogP contribution < -0.4 is 10.1 Å². The van der Waals surface area contributed by atoms with Crippen LogP contribution >= 0.6 is 11.3 Å². The molecule has 2 aromatic rings. The smallest absolute Gasteiger partial charge is 0.226 e. The van der Waals surface area contributed by atoms with E-state index in [-0.39, 0.29) is 11.8 Å². The highest BCUT2D eigenvalue weighted by atomic mass is 32.1. The molecule has 0 bridgehead atoms. The Hall–Kier alpha value is -1.88. The van der Waals surface area contributed by atoms with Crippen molar-refractivity contribution in [2.24, 2.45) is 5.92 Å². The molecule has 2 heterocycles. The molecule has 0 saturated heterocycles. The number of nitrogens with zero attached hydrogens (tertiary/aromatic N) is 1. The fourth-order valence-corrected chi connectivity index (χ4v) is 2.91. The number of thiazole rings is 1. The lowest BCUT2D eigenvalue weighted by atomic mass is 9.96. The van der Waals surface area contributed by atoms with E-state index in [9.17, 15) is 4.79 Å². The average molecular weight is 288 g/mol. The Bertz CT molecular complexity index is 583. The van der Waals surface area contributed by atoms with Gasteiger partial charge in [-0.3, -0.25) is 4.79 Å². The molecular weight excluding hydrogens is 272 g/mol. The minimum atomic E-state index is -0.0969. The Labute approximate surface area is 121 Å². The molecule has 0 saturated carbocycles. The molecule has 1 atom stereocenters. The Morgan fingerprint density at radius 2 is 2.35 bits per heavy atom. The fourth-order valence-electron chi connectivity index (χ4n) is 2.32. The summed E-state index contributed by atoms with van der Waals surface area (Å²) in [4.78, 5) is 16.3. The van der Waals surface area contributed by atoms with Crippen molar-refractivity contribution in [2.45, 2.75) is 12.8 Å². The summed E-state index contributed by atoms with van der Waals surface area (Å²) in [6, 6.07) is 7.90. The monoisotopic (exact) mass is 288 g/mol. The minimum Gasteiger partial charge on any atom is -0.492 e. The van der Waals surface area contributed by atoms with Gasteiger partial charge in [-0.05, 0) is 18.1 Å². The van der Waals surface area contributed by atoms with Crippen LogP contribution in [0.4, 0.5) is 0 Å². The van der Waals surface area contributed by atoms with Gasteiger partial charge in [0.1, 0.15) is 12.4 Å². The molecule has 1 N–H and O–H groups in total. The van der Waals surface area contributed by atoms with Crippen LogP contribution in [0.2, 0.25) is 0 Å². The van der Waals surface area contributed by atoms with Crippen molar-refractivity contribution >= 4 is 17.2 Å². The predicted molar refractivity (Wildman–Crippen MR) is 78.0 cm³/mol. The molecular formula is C15H16N2O2S. The van der Waals surface area contributed by atoms with E-state index in [1.165, 1.54) is 0 Å². The van der Waals surface area contributed by atoms with Crippen molar-refractivity contribution in [3.8, 4) is 5.75 Å². The lowest BCUT2D eigenvalue weighted by Gasteiger charge is -2.24. The van der Waals surface area contributed by atoms with Gasteiger partial charge in [0.25, 0.3) is 0 Å². The maximum Gasteiger partial charge on any atom is 0.226 e. The molecule has 0 unspecified atom stereocenters. The lowest BCUT2D eigenvalue weighted by Crippen LogP contribution is -2.38. The molecule has 0 spiro atoms. The van der Waals surface area contributed by atoms with Crippen molar-refractivity contribution in [1.82, 2.24) is 10.3 Å². The predicted octanol–water partition coefficient (Wildman–Crippen LogP) is 2.05. The molecule has 5 heteroatoms. The van der Waals surface area contributed by atoms with Crippen molar-refractivity contribution in [1.29, 1.82) is 0 Å². The Balaban J connectivity index is 1.51. The first-order valence-corrected chi connectivity index (χ1v) is 7.62. The number of carbonyl (C=O) groups excluding carboxylic acids is 1. The summed E-state index contributed by atoms with van der Waals surface area (Å²) in [6.45, 7) is 1.08. The number of nitrogens with one attached hydrogen (secondary N) is 1. The van der Waals surface area contributed by atoms with Crippen LogP contribution in [0, 0.1) is 5.92 Å². The van der Waals surface area contributed by atoms with E-state index in [0.717, 1.165) is 29.8 Å². The summed E-state index contributed by atoms with van der Waals surface area (Å²) in [7, 11) is 0. The number of benzene rings is 1. The van der Waals surface area contributed by atoms with Gasteiger partial charge in [0.2, 0.25) is 5.91 Å². The molecule has 0 fully saturated rings. The second kappa shape index (κ2) is 6.05. The fraction of sp³-hybridized carbons (Fsp3) is 0.333. The summed E-state index contributed by atoms with van der Waals surface area (Å²) in [5, 5.41) is 4.97. The standard InChI is InChI=1S/C15H16N2O2S/c18-15(16-6-5-13-9-20-10-17-13)12-7-11-3-1-2-4-14(11)19-8-12/h1-4,9-10,12H,5-8H2,(H,16,18)/t12-/m1/s1. The third kappa shape index (κ3) is 2.99. The number of rotatable bonds is 4. The number of hydrogen-bond acceptors (Lipinski definition) is 4. The van der Waals surface area contributed by atoms with E-state index in [4.69, 9.17) is 4.74 Å². The van der Waals surface area contributed by atoms with Crippen molar-refractivity contribution in [3.05, 3.63) is 46.4 Å². The number of hydrogen-bond donors (Lipinski definition) is 1. The number of fused-ring (bicyclic) bond motifs is 1. The summed E-state index contributed by atoms with van der Waals surface area (Å²) in [6.07, 6.45) is 1.53. The zero-order chi connectivity index (χ0) is 13.8. The van der Waals surface area contributed by atoms with Gasteiger partial charge in [0.05, 0.1) is 17.1 Å². The van der Waals surface area contributed by atoms with Gasteiger partial charge in [0.15, 0.2) is 0 Å². The number of aromatic nitrogens is 1. The van der Waals surface area contributed by atoms with Gasteiger partial charge in [-0.15, -0.1) is 11.3 Å². The van der Waals surface area contributed by atoms with E-state index in [2.05, 4.69) is 10.3 Å². The maximum atomic E-state index is 12.1. The molecule has 1 aromatic heterocycles. The van der Waals surface area contributed by atoms with E-state index >= 15 is 0 Å². The minimum absolute atomic E-state index is 0.0646. The third-order valence-corrected chi connectivity index (χ3v) is 4.05. The average Bonchev–Trinajstić information content (AvgIpc) is 3.00. The first kappa shape index (κ1) is 13.1. The zero-order valence-corrected chi connectivity index (χ0v) is 11.9. The number of carbonyl (C=O) groups is 1. The molecule has 0 aliphatic carbocycles. The molecule has 1 aliphatic rings. The van der Waals surface area contributed by atoms with E-state index in [1.54, 1.807) is 11.3 Å². The summed E-state index contributed by atoms with van der Waals surface area (Å²) in [5.74, 6) is 0.870. The van der Waals surface area contributed by atoms with Crippen LogP contribution in [-0.2, 0) is 17.6 Å². The maximum absolute atomic E-state index is 12.1. The van der Waals surface area contributed by atoms with E-state index in [0.29, 0.717) is 13.2 Å². The van der Waals surface area contributed by atoms with E-state index in [1.807, 2.05) is 35.2 Å². The molecule has 104 valence electrons. The Kier molecular flexibility index (Phi) is 3.97. The summed E-state index contributed by atoms with van der Waals surface area (Å²) in [5.41, 5.74) is 3.95. The Morgan fingerprint density at radius 3 is 3.20 bits per heavy atom. The van der Waals surface area contributed by atoms with Gasteiger partial charge in [-0.1, -0.05) is 18.2 Å². The first-order chi connectivity index (χ1) is 9.83. The second-order valence-corrected chi connectivity index (χ2v) is 5.56. The third-order valence-electron chi connectivity index (χ3n) is 3.41. The largest absolute Gasteiger partial charge is 0.492 e. The summed E-state index contributed by atoms with van der Waals surface area (Å²) < 4.78 is 5.64. The molecule has 1 aromatic carbocycles. The van der Waals surface area contributed by atoms with Gasteiger partial charge < -0.3 is 10.1 Å². The molecule has 0 radical (unpaired) electrons. The van der Waals surface area contributed by atoms with Crippen LogP contribution in [0.25, 0.3) is 0 Å². The van der Waals surface area contributed by atoms with Gasteiger partial charge in [-0.25, -0.2) is 4.98 Å². The van der Waals surface area contributed by atoms with Crippen LogP contribution in [0.1, 0.15) is 11.3 Å². The molecule has 4 nitrogen and oxygen atoms in total. The number of para-hydroxylation sites is 1. The first-order valence-electron chi connectivity index (χ1n) is 6.68. The number of amides is 1. The highest BCUT2D eigenvalue weighted by Gasteiger charge is 2.25. The second-order valence-electron chi connectivity index (χ2n) is 4.84. The van der Waals surface area contributed by atoms with Crippen molar-refractivity contribution in [2.75, 3.05) is 13.2 Å². The topological polar surface area (TPSA) is 51.2 Å². The van der Waals surface area contributed by atoms with Gasteiger partial charge >= 0.3 is 0 Å².